The number of benzene rings is 2. The van der Waals surface area contributed by atoms with Crippen LogP contribution in [0, 0.1) is 0 Å². The van der Waals surface area contributed by atoms with Crippen LogP contribution in [0.5, 0.6) is 11.5 Å². The molecule has 26 heavy (non-hydrogen) atoms. The second-order valence-corrected chi connectivity index (χ2v) is 5.77. The van der Waals surface area contributed by atoms with Crippen molar-refractivity contribution in [3.05, 3.63) is 48.5 Å². The van der Waals surface area contributed by atoms with Crippen molar-refractivity contribution in [3.63, 3.8) is 0 Å². The molecule has 2 aromatic rings. The second-order valence-electron chi connectivity index (χ2n) is 5.77. The molecule has 0 saturated carbocycles. The fraction of sp³-hybridized carbons (Fsp3) is 0.300. The number of carbonyl (C=O) groups excluding carboxylic acids is 2. The maximum absolute atomic E-state index is 12.4. The maximum Gasteiger partial charge on any atom is 0.265 e. The summed E-state index contributed by atoms with van der Waals surface area (Å²) in [4.78, 5) is 24.2. The first-order chi connectivity index (χ1) is 12.5. The Balaban J connectivity index is 2.00. The lowest BCUT2D eigenvalue weighted by Gasteiger charge is -2.17. The van der Waals surface area contributed by atoms with Crippen molar-refractivity contribution >= 4 is 23.2 Å². The first-order valence-corrected chi connectivity index (χ1v) is 8.54. The van der Waals surface area contributed by atoms with Gasteiger partial charge in [-0.3, -0.25) is 9.59 Å². The minimum Gasteiger partial charge on any atom is -0.497 e. The van der Waals surface area contributed by atoms with Gasteiger partial charge in [-0.1, -0.05) is 19.1 Å². The highest BCUT2D eigenvalue weighted by atomic mass is 16.5. The zero-order valence-electron chi connectivity index (χ0n) is 15.2. The van der Waals surface area contributed by atoms with E-state index in [1.165, 1.54) is 0 Å². The van der Waals surface area contributed by atoms with Crippen LogP contribution in [0.3, 0.4) is 0 Å². The Hall–Kier alpha value is -3.02. The molecule has 0 aliphatic carbocycles. The van der Waals surface area contributed by atoms with Gasteiger partial charge in [-0.25, -0.2) is 0 Å². The van der Waals surface area contributed by atoms with Crippen molar-refractivity contribution in [2.75, 3.05) is 17.7 Å². The van der Waals surface area contributed by atoms with E-state index in [2.05, 4.69) is 10.6 Å². The number of methoxy groups -OCH3 is 1. The van der Waals surface area contributed by atoms with Crippen LogP contribution in [-0.4, -0.2) is 25.0 Å². The number of hydrogen-bond donors (Lipinski definition) is 2. The summed E-state index contributed by atoms with van der Waals surface area (Å²) < 4.78 is 10.7. The lowest BCUT2D eigenvalue weighted by atomic mass is 10.2. The predicted octanol–water partition coefficient (Wildman–Crippen LogP) is 3.84. The van der Waals surface area contributed by atoms with Gasteiger partial charge >= 0.3 is 0 Å². The fourth-order valence-corrected chi connectivity index (χ4v) is 2.29. The fourth-order valence-electron chi connectivity index (χ4n) is 2.29. The molecule has 0 radical (unpaired) electrons. The van der Waals surface area contributed by atoms with E-state index < -0.39 is 6.10 Å². The van der Waals surface area contributed by atoms with Gasteiger partial charge in [0.2, 0.25) is 5.91 Å². The molecule has 0 aliphatic rings. The van der Waals surface area contributed by atoms with E-state index in [1.54, 1.807) is 62.6 Å². The van der Waals surface area contributed by atoms with Crippen molar-refractivity contribution in [2.45, 2.75) is 32.8 Å². The van der Waals surface area contributed by atoms with Crippen LogP contribution in [0.2, 0.25) is 0 Å². The summed E-state index contributed by atoms with van der Waals surface area (Å²) in [5.74, 6) is 0.888. The Morgan fingerprint density at radius 1 is 0.962 bits per heavy atom. The molecule has 0 saturated heterocycles. The normalized spacial score (nSPS) is 11.3. The maximum atomic E-state index is 12.4. The third-order valence-electron chi connectivity index (χ3n) is 3.68. The third kappa shape index (κ3) is 5.51. The number of ether oxygens (including phenoxy) is 2. The van der Waals surface area contributed by atoms with Crippen LogP contribution in [0.15, 0.2) is 48.5 Å². The Morgan fingerprint density at radius 3 is 2.12 bits per heavy atom. The quantitative estimate of drug-likeness (QED) is 0.753. The second kappa shape index (κ2) is 9.46. The molecule has 6 nitrogen and oxygen atoms in total. The average Bonchev–Trinajstić information content (AvgIpc) is 2.64. The zero-order chi connectivity index (χ0) is 18.9. The Kier molecular flexibility index (Phi) is 7.02. The standard InChI is InChI=1S/C20H24N2O4/c1-4-7-19(23)21-17-8-5-6-9-18(17)22-20(24)14(2)26-16-12-10-15(25-3)11-13-16/h5-6,8-14H,4,7H2,1-3H3,(H,21,23)(H,22,24). The third-order valence-corrected chi connectivity index (χ3v) is 3.68. The van der Waals surface area contributed by atoms with Gasteiger partial charge in [-0.2, -0.15) is 0 Å². The average molecular weight is 356 g/mol. The summed E-state index contributed by atoms with van der Waals surface area (Å²) in [5, 5.41) is 5.61. The summed E-state index contributed by atoms with van der Waals surface area (Å²) in [6.45, 7) is 3.60. The largest absolute Gasteiger partial charge is 0.497 e. The molecule has 6 heteroatoms. The SMILES string of the molecule is CCCC(=O)Nc1ccccc1NC(=O)C(C)Oc1ccc(OC)cc1. The van der Waals surface area contributed by atoms with E-state index >= 15 is 0 Å². The summed E-state index contributed by atoms with van der Waals surface area (Å²) in [6.07, 6.45) is 0.481. The lowest BCUT2D eigenvalue weighted by Crippen LogP contribution is -2.30. The summed E-state index contributed by atoms with van der Waals surface area (Å²) in [7, 11) is 1.59. The molecule has 2 amide bonds. The number of rotatable bonds is 8. The Bertz CT molecular complexity index is 744. The molecule has 0 spiro atoms. The number of hydrogen-bond acceptors (Lipinski definition) is 4. The van der Waals surface area contributed by atoms with Gasteiger partial charge in [0.05, 0.1) is 18.5 Å². The van der Waals surface area contributed by atoms with E-state index in [0.717, 1.165) is 6.42 Å². The van der Waals surface area contributed by atoms with Crippen LogP contribution in [-0.2, 0) is 9.59 Å². The van der Waals surface area contributed by atoms with Crippen molar-refractivity contribution < 1.29 is 19.1 Å². The highest BCUT2D eigenvalue weighted by Gasteiger charge is 2.17. The predicted molar refractivity (Wildman–Crippen MR) is 102 cm³/mol. The molecule has 138 valence electrons. The molecule has 2 N–H and O–H groups in total. The van der Waals surface area contributed by atoms with Gasteiger partial charge in [-0.15, -0.1) is 0 Å². The molecule has 2 aromatic carbocycles. The van der Waals surface area contributed by atoms with Crippen molar-refractivity contribution in [1.29, 1.82) is 0 Å². The van der Waals surface area contributed by atoms with Gasteiger partial charge in [0.25, 0.3) is 5.91 Å². The highest BCUT2D eigenvalue weighted by molar-refractivity contribution is 6.00. The molecule has 2 rings (SSSR count). The molecular weight excluding hydrogens is 332 g/mol. The van der Waals surface area contributed by atoms with E-state index in [0.29, 0.717) is 29.3 Å². The number of para-hydroxylation sites is 2. The van der Waals surface area contributed by atoms with Crippen LogP contribution in [0.25, 0.3) is 0 Å². The molecule has 0 fully saturated rings. The smallest absolute Gasteiger partial charge is 0.265 e. The summed E-state index contributed by atoms with van der Waals surface area (Å²) in [6, 6.07) is 14.1. The summed E-state index contributed by atoms with van der Waals surface area (Å²) in [5.41, 5.74) is 1.10. The number of carbonyl (C=O) groups is 2. The Labute approximate surface area is 153 Å². The van der Waals surface area contributed by atoms with E-state index in [-0.39, 0.29) is 11.8 Å². The molecule has 0 aromatic heterocycles. The molecule has 0 aliphatic heterocycles. The topological polar surface area (TPSA) is 76.7 Å². The Morgan fingerprint density at radius 2 is 1.54 bits per heavy atom. The van der Waals surface area contributed by atoms with Crippen LogP contribution in [0.4, 0.5) is 11.4 Å². The van der Waals surface area contributed by atoms with Crippen molar-refractivity contribution in [2.24, 2.45) is 0 Å². The van der Waals surface area contributed by atoms with Crippen LogP contribution >= 0.6 is 0 Å². The van der Waals surface area contributed by atoms with Crippen molar-refractivity contribution in [3.8, 4) is 11.5 Å². The minimum atomic E-state index is -0.706. The van der Waals surface area contributed by atoms with Crippen LogP contribution < -0.4 is 20.1 Å². The van der Waals surface area contributed by atoms with Gasteiger partial charge in [0.1, 0.15) is 11.5 Å². The van der Waals surface area contributed by atoms with Crippen LogP contribution in [0.1, 0.15) is 26.7 Å². The molecule has 0 heterocycles. The van der Waals surface area contributed by atoms with Gasteiger partial charge in [0, 0.05) is 6.42 Å². The summed E-state index contributed by atoms with van der Waals surface area (Å²) >= 11 is 0. The molecule has 1 atom stereocenters. The molecule has 1 unspecified atom stereocenters. The minimum absolute atomic E-state index is 0.0864. The lowest BCUT2D eigenvalue weighted by molar-refractivity contribution is -0.122. The van der Waals surface area contributed by atoms with Gasteiger partial charge in [-0.05, 0) is 49.7 Å². The monoisotopic (exact) mass is 356 g/mol. The first kappa shape index (κ1) is 19.3. The van der Waals surface area contributed by atoms with E-state index in [9.17, 15) is 9.59 Å². The number of anilines is 2. The van der Waals surface area contributed by atoms with Crippen molar-refractivity contribution in [1.82, 2.24) is 0 Å². The number of nitrogens with one attached hydrogen (secondary N) is 2. The van der Waals surface area contributed by atoms with Gasteiger partial charge in [0.15, 0.2) is 6.10 Å². The highest BCUT2D eigenvalue weighted by Crippen LogP contribution is 2.22. The van der Waals surface area contributed by atoms with E-state index in [4.69, 9.17) is 9.47 Å². The van der Waals surface area contributed by atoms with Gasteiger partial charge < -0.3 is 20.1 Å². The molecular formula is C20H24N2O4. The molecule has 0 bridgehead atoms. The first-order valence-electron chi connectivity index (χ1n) is 8.54. The van der Waals surface area contributed by atoms with E-state index in [1.807, 2.05) is 6.92 Å². The number of amides is 2. The zero-order valence-corrected chi connectivity index (χ0v) is 15.2.